The summed E-state index contributed by atoms with van der Waals surface area (Å²) in [5, 5.41) is 29.8. The van der Waals surface area contributed by atoms with Gasteiger partial charge < -0.3 is 54.8 Å². The van der Waals surface area contributed by atoms with Crippen LogP contribution < -0.4 is 11.1 Å². The van der Waals surface area contributed by atoms with Crippen molar-refractivity contribution < 1.29 is 58.1 Å². The van der Waals surface area contributed by atoms with Crippen LogP contribution in [0.2, 0.25) is 0 Å². The maximum absolute atomic E-state index is 12.5. The van der Waals surface area contributed by atoms with E-state index in [9.17, 15) is 19.5 Å². The first-order valence-electron chi connectivity index (χ1n) is 17.4. The number of amides is 1. The lowest BCUT2D eigenvalue weighted by Gasteiger charge is -2.22. The van der Waals surface area contributed by atoms with Gasteiger partial charge in [-0.15, -0.1) is 0 Å². The molecule has 0 aromatic rings. The van der Waals surface area contributed by atoms with Gasteiger partial charge in [0.1, 0.15) is 5.78 Å². The fourth-order valence-electron chi connectivity index (χ4n) is 4.35. The highest BCUT2D eigenvalue weighted by Gasteiger charge is 2.13. The molecular weight excluding hydrogens is 646 g/mol. The second-order valence-corrected chi connectivity index (χ2v) is 11.1. The van der Waals surface area contributed by atoms with E-state index >= 15 is 0 Å². The lowest BCUT2D eigenvalue weighted by Crippen LogP contribution is -2.41. The topological polar surface area (TPSA) is 215 Å². The van der Waals surface area contributed by atoms with Gasteiger partial charge in [0.05, 0.1) is 98.9 Å². The summed E-state index contributed by atoms with van der Waals surface area (Å²) >= 11 is 0. The minimum absolute atomic E-state index is 0.0406. The third-order valence-corrected chi connectivity index (χ3v) is 6.83. The lowest BCUT2D eigenvalue weighted by molar-refractivity contribution is -0.138. The number of ketones is 1. The van der Waals surface area contributed by atoms with E-state index in [-0.39, 0.29) is 64.4 Å². The van der Waals surface area contributed by atoms with Crippen molar-refractivity contribution in [2.45, 2.75) is 26.2 Å². The zero-order valence-electron chi connectivity index (χ0n) is 29.7. The van der Waals surface area contributed by atoms with Gasteiger partial charge in [-0.1, -0.05) is 6.92 Å². The van der Waals surface area contributed by atoms with Crippen LogP contribution in [0.5, 0.6) is 0 Å². The van der Waals surface area contributed by atoms with E-state index in [1.165, 1.54) is 0 Å². The number of carboxylic acid groups (broad SMARTS) is 1. The summed E-state index contributed by atoms with van der Waals surface area (Å²) < 4.78 is 32.9. The Morgan fingerprint density at radius 2 is 1.04 bits per heavy atom. The molecule has 0 rings (SSSR count). The molecule has 0 aromatic carbocycles. The van der Waals surface area contributed by atoms with E-state index in [2.05, 4.69) is 5.32 Å². The first-order chi connectivity index (χ1) is 23.9. The van der Waals surface area contributed by atoms with Gasteiger partial charge in [-0.05, 0) is 12.8 Å². The normalized spacial score (nSPS) is 11.7. The number of aliphatic carboxylic acids is 1. The Morgan fingerprint density at radius 3 is 1.53 bits per heavy atom. The first kappa shape index (κ1) is 47.1. The van der Waals surface area contributed by atoms with Crippen molar-refractivity contribution in [2.24, 2.45) is 5.73 Å². The molecule has 0 aliphatic carbocycles. The smallest absolute Gasteiger partial charge is 0.317 e. The Bertz CT molecular complexity index is 709. The molecule has 0 radical (unpaired) electrons. The van der Waals surface area contributed by atoms with E-state index in [1.54, 1.807) is 4.90 Å². The molecule has 0 heterocycles. The van der Waals surface area contributed by atoms with Crippen LogP contribution in [0.4, 0.5) is 0 Å². The Kier molecular flexibility index (Phi) is 34.6. The van der Waals surface area contributed by atoms with Crippen molar-refractivity contribution in [2.75, 3.05) is 164 Å². The standard InChI is InChI=1S/C32H65N5O12/c1-2-15-44-19-7-35(8-23-48-25-13-38)27-30(40)4-3-16-45-20-11-37(29-32(42)43)12-22-47-18-6-34-31(41)28-36(9-21-46-17-5-33)10-24-49-26-14-39/h38-39H,2-29,33H2,1H3,(H,34,41)(H,42,43). The van der Waals surface area contributed by atoms with Crippen LogP contribution in [-0.2, 0) is 42.8 Å². The highest BCUT2D eigenvalue weighted by Crippen LogP contribution is 1.99. The zero-order chi connectivity index (χ0) is 36.2. The molecule has 0 atom stereocenters. The average molecular weight is 712 g/mol. The molecular formula is C32H65N5O12. The van der Waals surface area contributed by atoms with Gasteiger partial charge in [0.2, 0.25) is 5.91 Å². The van der Waals surface area contributed by atoms with Crippen molar-refractivity contribution in [3.63, 3.8) is 0 Å². The number of ether oxygens (including phenoxy) is 6. The summed E-state index contributed by atoms with van der Waals surface area (Å²) in [6.45, 7) is 10.6. The molecule has 0 saturated carbocycles. The molecule has 0 fully saturated rings. The number of aliphatic hydroxyl groups excluding tert-OH is 2. The quantitative estimate of drug-likeness (QED) is 0.0432. The molecule has 6 N–H and O–H groups in total. The third kappa shape index (κ3) is 33.1. The summed E-state index contributed by atoms with van der Waals surface area (Å²) in [6, 6.07) is 0. The molecule has 290 valence electrons. The number of rotatable bonds is 39. The molecule has 17 heteroatoms. The molecule has 0 unspecified atom stereocenters. The Labute approximate surface area is 292 Å². The van der Waals surface area contributed by atoms with E-state index in [1.807, 2.05) is 16.7 Å². The number of nitrogens with zero attached hydrogens (tertiary/aromatic N) is 3. The molecule has 0 aromatic heterocycles. The van der Waals surface area contributed by atoms with Gasteiger partial charge in [0, 0.05) is 72.0 Å². The Morgan fingerprint density at radius 1 is 0.592 bits per heavy atom. The molecule has 49 heavy (non-hydrogen) atoms. The van der Waals surface area contributed by atoms with Gasteiger partial charge >= 0.3 is 5.97 Å². The fraction of sp³-hybridized carbons (Fsp3) is 0.906. The number of nitrogens with one attached hydrogen (secondary N) is 1. The van der Waals surface area contributed by atoms with Crippen LogP contribution in [-0.4, -0.2) is 212 Å². The van der Waals surface area contributed by atoms with Crippen LogP contribution in [0.1, 0.15) is 26.2 Å². The van der Waals surface area contributed by atoms with Gasteiger partial charge in [0.15, 0.2) is 0 Å². The van der Waals surface area contributed by atoms with Crippen molar-refractivity contribution in [1.29, 1.82) is 0 Å². The van der Waals surface area contributed by atoms with Crippen LogP contribution >= 0.6 is 0 Å². The number of hydrogen-bond donors (Lipinski definition) is 5. The van der Waals surface area contributed by atoms with Crippen LogP contribution in [0.25, 0.3) is 0 Å². The van der Waals surface area contributed by atoms with Crippen LogP contribution in [0.15, 0.2) is 0 Å². The zero-order valence-corrected chi connectivity index (χ0v) is 29.7. The summed E-state index contributed by atoms with van der Waals surface area (Å²) in [6.07, 6.45) is 1.86. The fourth-order valence-corrected chi connectivity index (χ4v) is 4.35. The Hall–Kier alpha value is -1.87. The molecule has 0 aliphatic heterocycles. The molecule has 0 spiro atoms. The average Bonchev–Trinajstić information content (AvgIpc) is 3.07. The highest BCUT2D eigenvalue weighted by atomic mass is 16.5. The van der Waals surface area contributed by atoms with Gasteiger partial charge in [-0.3, -0.25) is 29.1 Å². The second kappa shape index (κ2) is 35.9. The summed E-state index contributed by atoms with van der Waals surface area (Å²) in [5.74, 6) is -1.03. The number of carbonyl (C=O) groups is 3. The van der Waals surface area contributed by atoms with E-state index in [0.29, 0.717) is 125 Å². The number of hydrogen-bond acceptors (Lipinski definition) is 15. The van der Waals surface area contributed by atoms with E-state index in [4.69, 9.17) is 44.4 Å². The SMILES string of the molecule is CCCOCCN(CCOCCO)CC(=O)CCCOCCN(CCOCCNC(=O)CN(CCOCCN)CCOCCO)CC(=O)O. The van der Waals surface area contributed by atoms with Gasteiger partial charge in [-0.2, -0.15) is 0 Å². The van der Waals surface area contributed by atoms with Crippen molar-refractivity contribution in [1.82, 2.24) is 20.0 Å². The Balaban J connectivity index is 4.26. The van der Waals surface area contributed by atoms with Gasteiger partial charge in [-0.25, -0.2) is 0 Å². The number of nitrogens with two attached hydrogens (primary N) is 1. The van der Waals surface area contributed by atoms with E-state index < -0.39 is 5.97 Å². The van der Waals surface area contributed by atoms with Gasteiger partial charge in [0.25, 0.3) is 0 Å². The van der Waals surface area contributed by atoms with Crippen LogP contribution in [0.3, 0.4) is 0 Å². The molecule has 1 amide bonds. The minimum atomic E-state index is -0.955. The van der Waals surface area contributed by atoms with Crippen molar-refractivity contribution >= 4 is 17.7 Å². The number of aliphatic hydroxyl groups is 2. The first-order valence-corrected chi connectivity index (χ1v) is 17.4. The number of carbonyl (C=O) groups excluding carboxylic acids is 2. The summed E-state index contributed by atoms with van der Waals surface area (Å²) in [5.41, 5.74) is 5.44. The monoisotopic (exact) mass is 711 g/mol. The summed E-state index contributed by atoms with van der Waals surface area (Å²) in [4.78, 5) is 41.9. The maximum atomic E-state index is 12.5. The molecule has 0 aliphatic rings. The summed E-state index contributed by atoms with van der Waals surface area (Å²) in [7, 11) is 0. The maximum Gasteiger partial charge on any atom is 0.317 e. The van der Waals surface area contributed by atoms with Crippen molar-refractivity contribution in [3.8, 4) is 0 Å². The predicted octanol–water partition coefficient (Wildman–Crippen LogP) is -2.10. The second-order valence-electron chi connectivity index (χ2n) is 11.1. The third-order valence-electron chi connectivity index (χ3n) is 6.83. The molecule has 0 bridgehead atoms. The molecule has 17 nitrogen and oxygen atoms in total. The predicted molar refractivity (Wildman–Crippen MR) is 183 cm³/mol. The van der Waals surface area contributed by atoms with E-state index in [0.717, 1.165) is 6.42 Å². The number of Topliss-reactive ketones (excluding diaryl/α,β-unsaturated/α-hetero) is 1. The molecule has 0 saturated heterocycles. The largest absolute Gasteiger partial charge is 0.480 e. The van der Waals surface area contributed by atoms with Crippen LogP contribution in [0, 0.1) is 0 Å². The lowest BCUT2D eigenvalue weighted by atomic mass is 10.2. The van der Waals surface area contributed by atoms with Crippen molar-refractivity contribution in [3.05, 3.63) is 0 Å². The number of carboxylic acids is 1. The minimum Gasteiger partial charge on any atom is -0.480 e. The highest BCUT2D eigenvalue weighted by molar-refractivity contribution is 5.80.